The molecule has 12 rings (SSSR count). The summed E-state index contributed by atoms with van der Waals surface area (Å²) < 4.78 is 18.1. The van der Waals surface area contributed by atoms with Crippen LogP contribution in [0.3, 0.4) is 0 Å². The summed E-state index contributed by atoms with van der Waals surface area (Å²) in [7, 11) is 1.63. The van der Waals surface area contributed by atoms with Crippen molar-refractivity contribution in [2.24, 2.45) is 11.1 Å². The number of fused-ring (bicyclic) bond motifs is 4. The fourth-order valence-corrected chi connectivity index (χ4v) is 10.1. The van der Waals surface area contributed by atoms with Crippen LogP contribution in [-0.4, -0.2) is 74.9 Å². The van der Waals surface area contributed by atoms with E-state index in [4.69, 9.17) is 10.5 Å². The second-order valence-corrected chi connectivity index (χ2v) is 37.5. The minimum absolute atomic E-state index is 0.0139. The molecule has 17 nitrogen and oxygen atoms in total. The van der Waals surface area contributed by atoms with Gasteiger partial charge >= 0.3 is 0 Å². The molecule has 2 aliphatic heterocycles. The van der Waals surface area contributed by atoms with Crippen LogP contribution in [0.25, 0.3) is 27.8 Å². The standard InChI is InChI=1S/C13H17N.C12H15NO.C11H14FNO.2C11H14N2.C10H15NO.C9H13NO.C9H16O.C6H11N3.C2H6/c1-9-12-7-11(13(2,3)4)6-5-10(12)8-14-9;1-12(2,3)9-5-4-8-7-13-11(14)10(8)6-9;1-11(2,3)7-4-5-9(12)8(6-7)10(13)14;2*1-11(2,3)9-6-8-4-5-12-10(8)13-7-9;1-10(2,3)8-5-6-11-9(7-8)12-4;1-9(2,3)7-4-5-10-8(11)6-7;1-8(2,3)6-7-9(4,5)10;1-6(2,3)5-4-7-9-8-5;1-2/h5-7,14H,1,8H2,2-4H3;4-6H,7H2,1-3H3,(H,13,14);4-6H,1-3H3,(H2,13,14);2*4-7H,1-3H3,(H,12,13);5-7H,1-4H3;4-6H,1-3H3,(H,10,11);10H,1-5H3;4H,1-3H3,(H,7,8,9);1-2H3. The number of primary amides is 1. The maximum Gasteiger partial charge on any atom is 0.251 e. The van der Waals surface area contributed by atoms with E-state index in [9.17, 15) is 23.9 Å². The SMILES string of the molecule is C=C1NCc2ccc(C(C)(C)C)cc21.CC.CC(C)(C)C#CC(C)(C)O.CC(C)(C)c1cc[nH]c(=O)c1.CC(C)(C)c1ccc(F)c(C(N)=O)c1.CC(C)(C)c1ccc2c(c1)C(=O)NC2.CC(C)(C)c1cn[nH]n1.CC(C)(C)c1cnc2[nH]ccc2c1.CC(C)(C)c1cnc2[nH]ccc2c1.COc1cc(C(C)(C)C)ccn1. The van der Waals surface area contributed by atoms with E-state index in [-0.39, 0.29) is 65.8 Å². The third kappa shape index (κ3) is 32.8. The van der Waals surface area contributed by atoms with Crippen molar-refractivity contribution in [2.45, 2.75) is 277 Å². The zero-order valence-corrected chi connectivity index (χ0v) is 73.7. The molecule has 7 aromatic heterocycles. The van der Waals surface area contributed by atoms with Gasteiger partial charge in [0.05, 0.1) is 24.6 Å². The number of aliphatic hydroxyl groups is 1. The molecular weight excluding hydrogens is 1400 g/mol. The van der Waals surface area contributed by atoms with Crippen molar-refractivity contribution in [1.82, 2.24) is 55.9 Å². The van der Waals surface area contributed by atoms with Gasteiger partial charge in [-0.1, -0.05) is 229 Å². The fraction of sp³-hybridized carbons (Fsp3) is 0.468. The van der Waals surface area contributed by atoms with Crippen molar-refractivity contribution >= 4 is 39.6 Å². The number of carbonyl (C=O) groups excluding carboxylic acids is 2. The van der Waals surface area contributed by atoms with Crippen LogP contribution in [0.1, 0.15) is 297 Å². The molecule has 3 aromatic carbocycles. The molecule has 0 saturated heterocycles. The molecule has 0 unspecified atom stereocenters. The number of pyridine rings is 4. The highest BCUT2D eigenvalue weighted by molar-refractivity contribution is 5.98. The number of hydrogen-bond acceptors (Lipinski definition) is 11. The number of H-pyrrole nitrogens is 4. The Morgan fingerprint density at radius 2 is 0.902 bits per heavy atom. The second kappa shape index (κ2) is 40.0. The van der Waals surface area contributed by atoms with Gasteiger partial charge in [0, 0.05) is 101 Å². The predicted molar refractivity (Wildman–Crippen MR) is 466 cm³/mol. The van der Waals surface area contributed by atoms with Crippen molar-refractivity contribution in [1.29, 1.82) is 0 Å². The molecule has 0 atom stereocenters. The van der Waals surface area contributed by atoms with Crippen molar-refractivity contribution in [3.05, 3.63) is 242 Å². The number of ether oxygens (including phenoxy) is 1. The monoisotopic (exact) mass is 1530 g/mol. The van der Waals surface area contributed by atoms with Gasteiger partial charge in [-0.3, -0.25) is 14.4 Å². The lowest BCUT2D eigenvalue weighted by Gasteiger charge is -2.19. The Kier molecular flexibility index (Phi) is 34.3. The normalized spacial score (nSPS) is 12.5. The third-order valence-corrected chi connectivity index (χ3v) is 17.5. The first-order valence-corrected chi connectivity index (χ1v) is 38.6. The van der Waals surface area contributed by atoms with E-state index in [1.54, 1.807) is 51.7 Å². The van der Waals surface area contributed by atoms with Crippen LogP contribution in [0.15, 0.2) is 158 Å². The van der Waals surface area contributed by atoms with Gasteiger partial charge in [-0.2, -0.15) is 15.4 Å². The fourth-order valence-electron chi connectivity index (χ4n) is 10.1. The predicted octanol–water partition coefficient (Wildman–Crippen LogP) is 21.2. The maximum atomic E-state index is 13.1. The molecule has 2 aliphatic rings. The largest absolute Gasteiger partial charge is 0.481 e. The minimum atomic E-state index is -0.854. The van der Waals surface area contributed by atoms with E-state index in [2.05, 4.69) is 268 Å². The molecule has 112 heavy (non-hydrogen) atoms. The summed E-state index contributed by atoms with van der Waals surface area (Å²) in [5, 5.41) is 27.9. The maximum absolute atomic E-state index is 13.1. The van der Waals surface area contributed by atoms with Crippen LogP contribution >= 0.6 is 0 Å². The Morgan fingerprint density at radius 3 is 1.29 bits per heavy atom. The van der Waals surface area contributed by atoms with Crippen LogP contribution in [0.2, 0.25) is 0 Å². The van der Waals surface area contributed by atoms with Crippen LogP contribution in [0.4, 0.5) is 4.39 Å². The van der Waals surface area contributed by atoms with Crippen molar-refractivity contribution < 1.29 is 23.8 Å². The number of aromatic amines is 4. The summed E-state index contributed by atoms with van der Waals surface area (Å²) >= 11 is 0. The van der Waals surface area contributed by atoms with Crippen LogP contribution in [-0.2, 0) is 56.4 Å². The highest BCUT2D eigenvalue weighted by atomic mass is 19.1. The van der Waals surface area contributed by atoms with Gasteiger partial charge in [-0.15, -0.1) is 0 Å². The lowest BCUT2D eigenvalue weighted by Crippen LogP contribution is -2.17. The number of amides is 2. The number of nitrogens with one attached hydrogen (secondary N) is 6. The van der Waals surface area contributed by atoms with Gasteiger partial charge in [-0.05, 0) is 183 Å². The van der Waals surface area contributed by atoms with Gasteiger partial charge in [0.25, 0.3) is 11.8 Å². The molecule has 9 N–H and O–H groups in total. The van der Waals surface area contributed by atoms with Crippen molar-refractivity contribution in [3.63, 3.8) is 0 Å². The topological polar surface area (TPSA) is 258 Å². The number of halogens is 1. The number of methoxy groups -OCH3 is 1. The molecule has 0 bridgehead atoms. The van der Waals surface area contributed by atoms with Crippen LogP contribution < -0.4 is 26.7 Å². The van der Waals surface area contributed by atoms with Crippen molar-refractivity contribution in [2.75, 3.05) is 7.11 Å². The molecule has 608 valence electrons. The average molecular weight is 1530 g/mol. The lowest BCUT2D eigenvalue weighted by molar-refractivity contribution is 0.0963. The number of nitrogens with two attached hydrogens (primary N) is 1. The minimum Gasteiger partial charge on any atom is -0.481 e. The Hall–Kier alpha value is -9.99. The number of carbonyl (C=O) groups is 2. The molecule has 18 heteroatoms. The highest BCUT2D eigenvalue weighted by Gasteiger charge is 2.25. The van der Waals surface area contributed by atoms with Crippen LogP contribution in [0.5, 0.6) is 5.88 Å². The average Bonchev–Trinajstić information content (AvgIpc) is 1.66. The Bertz CT molecular complexity index is 4550. The molecule has 0 saturated carbocycles. The zero-order valence-electron chi connectivity index (χ0n) is 73.7. The Balaban J connectivity index is 0.000000326. The summed E-state index contributed by atoms with van der Waals surface area (Å²) in [5.41, 5.74) is 22.0. The number of aromatic nitrogens is 9. The molecule has 0 aliphatic carbocycles. The summed E-state index contributed by atoms with van der Waals surface area (Å²) in [6.45, 7) is 70.4. The summed E-state index contributed by atoms with van der Waals surface area (Å²) in [6.07, 6.45) is 12.9. The first-order chi connectivity index (χ1) is 51.3. The first kappa shape index (κ1) is 96.2. The second-order valence-electron chi connectivity index (χ2n) is 37.5. The highest BCUT2D eigenvalue weighted by Crippen LogP contribution is 2.32. The van der Waals surface area contributed by atoms with Gasteiger partial charge in [0.1, 0.15) is 22.7 Å². The van der Waals surface area contributed by atoms with E-state index in [0.717, 1.165) is 51.5 Å². The number of hydrogen-bond donors (Lipinski definition) is 8. The van der Waals surface area contributed by atoms with E-state index in [0.29, 0.717) is 12.4 Å². The lowest BCUT2D eigenvalue weighted by atomic mass is 9.85. The van der Waals surface area contributed by atoms with E-state index < -0.39 is 17.3 Å². The van der Waals surface area contributed by atoms with E-state index in [1.165, 1.54) is 61.8 Å². The summed E-state index contributed by atoms with van der Waals surface area (Å²) in [4.78, 5) is 54.7. The number of rotatable bonds is 2. The number of benzene rings is 3. The molecule has 0 radical (unpaired) electrons. The van der Waals surface area contributed by atoms with Gasteiger partial charge in [-0.25, -0.2) is 19.3 Å². The van der Waals surface area contributed by atoms with E-state index >= 15 is 0 Å². The molecule has 0 spiro atoms. The molecule has 2 amide bonds. The zero-order chi connectivity index (χ0) is 85.6. The molecular formula is C94H135FN12O5. The third-order valence-electron chi connectivity index (χ3n) is 17.5. The molecule has 10 aromatic rings. The smallest absolute Gasteiger partial charge is 0.251 e. The summed E-state index contributed by atoms with van der Waals surface area (Å²) in [5.74, 6) is 5.18. The summed E-state index contributed by atoms with van der Waals surface area (Å²) in [6, 6.07) is 33.4. The number of nitrogens with zero attached hydrogens (tertiary/aromatic N) is 5. The van der Waals surface area contributed by atoms with E-state index in [1.807, 2.05) is 111 Å². The molecule has 0 fully saturated rings. The van der Waals surface area contributed by atoms with Gasteiger partial charge < -0.3 is 41.2 Å². The molecule has 9 heterocycles. The van der Waals surface area contributed by atoms with Gasteiger partial charge in [0.2, 0.25) is 11.4 Å². The van der Waals surface area contributed by atoms with Gasteiger partial charge in [0.15, 0.2) is 0 Å². The Morgan fingerprint density at radius 1 is 0.482 bits per heavy atom. The quantitative estimate of drug-likeness (QED) is 0.0755. The van der Waals surface area contributed by atoms with Crippen LogP contribution in [0, 0.1) is 23.1 Å². The Labute approximate surface area is 670 Å². The van der Waals surface area contributed by atoms with Crippen molar-refractivity contribution in [3.8, 4) is 17.7 Å². The first-order valence-electron chi connectivity index (χ1n) is 38.6.